The van der Waals surface area contributed by atoms with Crippen molar-refractivity contribution in [1.82, 2.24) is 5.32 Å². The Morgan fingerprint density at radius 3 is 2.00 bits per heavy atom. The molecule has 0 aromatic rings. The summed E-state index contributed by atoms with van der Waals surface area (Å²) >= 11 is 0. The largest absolute Gasteiger partial charge is 0.394 e. The number of rotatable bonds is 4. The van der Waals surface area contributed by atoms with Gasteiger partial charge in [0, 0.05) is 17.2 Å². The first-order valence-electron chi connectivity index (χ1n) is 6.15. The van der Waals surface area contributed by atoms with E-state index in [0.29, 0.717) is 5.92 Å². The molecule has 0 aliphatic heterocycles. The summed E-state index contributed by atoms with van der Waals surface area (Å²) in [6.45, 7) is 10.2. The molecule has 3 rings (SSSR count). The molecule has 0 heterocycles. The molecule has 3 aliphatic carbocycles. The number of halogens is 3. The van der Waals surface area contributed by atoms with Crippen LogP contribution in [0.2, 0.25) is 0 Å². The van der Waals surface area contributed by atoms with E-state index in [9.17, 15) is 13.2 Å². The Bertz CT molecular complexity index is 323. The van der Waals surface area contributed by atoms with E-state index in [4.69, 9.17) is 0 Å². The lowest BCUT2D eigenvalue weighted by Gasteiger charge is -2.71. The molecule has 0 saturated heterocycles. The van der Waals surface area contributed by atoms with Crippen LogP contribution in [-0.4, -0.2) is 12.2 Å². The summed E-state index contributed by atoms with van der Waals surface area (Å²) in [6, 6.07) is 0.262. The van der Waals surface area contributed by atoms with Crippen LogP contribution >= 0.6 is 0 Å². The van der Waals surface area contributed by atoms with Crippen molar-refractivity contribution in [1.29, 1.82) is 0 Å². The zero-order valence-electron chi connectivity index (χ0n) is 10.6. The lowest BCUT2D eigenvalue weighted by Crippen LogP contribution is -2.70. The predicted octanol–water partition coefficient (Wildman–Crippen LogP) is 3.87. The first-order valence-corrected chi connectivity index (χ1v) is 6.15. The van der Waals surface area contributed by atoms with Crippen LogP contribution in [0.5, 0.6) is 0 Å². The van der Waals surface area contributed by atoms with Crippen molar-refractivity contribution in [3.63, 3.8) is 0 Å². The average Bonchev–Trinajstić information content (AvgIpc) is 1.94. The normalized spacial score (nSPS) is 37.1. The molecule has 4 heteroatoms. The molecule has 98 valence electrons. The molecule has 3 saturated carbocycles. The maximum Gasteiger partial charge on any atom is 0.394 e. The van der Waals surface area contributed by atoms with Crippen molar-refractivity contribution < 1.29 is 13.2 Å². The maximum atomic E-state index is 12.7. The van der Waals surface area contributed by atoms with E-state index in [2.05, 4.69) is 25.7 Å². The zero-order valence-corrected chi connectivity index (χ0v) is 10.6. The SMILES string of the molecule is C=C(N[C@H](C)C(C)C)C12CC(C(F)(F)F)(C1)C2. The van der Waals surface area contributed by atoms with E-state index in [-0.39, 0.29) is 30.7 Å². The molecule has 0 radical (unpaired) electrons. The second-order valence-corrected chi connectivity index (χ2v) is 6.24. The third kappa shape index (κ3) is 1.67. The maximum absolute atomic E-state index is 12.7. The van der Waals surface area contributed by atoms with Crippen molar-refractivity contribution >= 4 is 0 Å². The lowest BCUT2D eigenvalue weighted by atomic mass is 9.34. The highest BCUT2D eigenvalue weighted by molar-refractivity contribution is 5.31. The van der Waals surface area contributed by atoms with Gasteiger partial charge in [-0.2, -0.15) is 13.2 Å². The van der Waals surface area contributed by atoms with Gasteiger partial charge in [0.2, 0.25) is 0 Å². The van der Waals surface area contributed by atoms with Crippen LogP contribution in [0.25, 0.3) is 0 Å². The lowest BCUT2D eigenvalue weighted by molar-refractivity contribution is -0.353. The molecule has 3 fully saturated rings. The first kappa shape index (κ1) is 12.8. The molecule has 17 heavy (non-hydrogen) atoms. The van der Waals surface area contributed by atoms with Gasteiger partial charge in [0.05, 0.1) is 5.41 Å². The summed E-state index contributed by atoms with van der Waals surface area (Å²) in [4.78, 5) is 0. The highest BCUT2D eigenvalue weighted by atomic mass is 19.4. The quantitative estimate of drug-likeness (QED) is 0.795. The van der Waals surface area contributed by atoms with E-state index in [0.717, 1.165) is 5.70 Å². The third-order valence-electron chi connectivity index (χ3n) is 4.67. The molecule has 0 aromatic carbocycles. The average molecular weight is 247 g/mol. The molecule has 3 aliphatic rings. The summed E-state index contributed by atoms with van der Waals surface area (Å²) < 4.78 is 38.1. The monoisotopic (exact) mass is 247 g/mol. The highest BCUT2D eigenvalue weighted by Gasteiger charge is 2.79. The molecule has 1 N–H and O–H groups in total. The van der Waals surface area contributed by atoms with Gasteiger partial charge in [-0.25, -0.2) is 0 Å². The molecule has 0 aromatic heterocycles. The fourth-order valence-corrected chi connectivity index (χ4v) is 3.00. The number of allylic oxidation sites excluding steroid dienone is 1. The van der Waals surface area contributed by atoms with Crippen LogP contribution < -0.4 is 5.32 Å². The summed E-state index contributed by atoms with van der Waals surface area (Å²) in [5.41, 5.74) is -0.831. The van der Waals surface area contributed by atoms with Gasteiger partial charge in [-0.1, -0.05) is 20.4 Å². The van der Waals surface area contributed by atoms with Gasteiger partial charge in [0.25, 0.3) is 0 Å². The molecule has 2 bridgehead atoms. The van der Waals surface area contributed by atoms with E-state index >= 15 is 0 Å². The van der Waals surface area contributed by atoms with Crippen molar-refractivity contribution in [2.24, 2.45) is 16.7 Å². The highest BCUT2D eigenvalue weighted by Crippen LogP contribution is 2.80. The second kappa shape index (κ2) is 3.42. The van der Waals surface area contributed by atoms with E-state index in [1.165, 1.54) is 0 Å². The standard InChI is InChI=1S/C13H20F3N/c1-8(2)9(3)17-10(4)11-5-12(6-11,7-11)13(14,15)16/h8-9,17H,4-7H2,1-3H3/t9-,11?,12?/m1/s1. The number of hydrogen-bond donors (Lipinski definition) is 1. The predicted molar refractivity (Wildman–Crippen MR) is 61.3 cm³/mol. The Balaban J connectivity index is 1.91. The summed E-state index contributed by atoms with van der Waals surface area (Å²) in [5.74, 6) is 0.454. The fraction of sp³-hybridized carbons (Fsp3) is 0.846. The Labute approximate surface area is 100 Å². The molecule has 1 atom stereocenters. The van der Waals surface area contributed by atoms with Gasteiger partial charge in [0.1, 0.15) is 0 Å². The molecule has 0 amide bonds. The third-order valence-corrected chi connectivity index (χ3v) is 4.67. The molecule has 0 unspecified atom stereocenters. The van der Waals surface area contributed by atoms with E-state index in [1.807, 2.05) is 6.92 Å². The molecular formula is C13H20F3N. The minimum atomic E-state index is -4.03. The van der Waals surface area contributed by atoms with Crippen LogP contribution in [0, 0.1) is 16.7 Å². The summed E-state index contributed by atoms with van der Waals surface area (Å²) in [5, 5.41) is 3.27. The van der Waals surface area contributed by atoms with Crippen LogP contribution in [0.4, 0.5) is 13.2 Å². The number of nitrogens with one attached hydrogen (secondary N) is 1. The molecule has 1 nitrogen and oxygen atoms in total. The molecule has 0 spiro atoms. The number of hydrogen-bond acceptors (Lipinski definition) is 1. The smallest absolute Gasteiger partial charge is 0.386 e. The van der Waals surface area contributed by atoms with Crippen molar-refractivity contribution in [3.8, 4) is 0 Å². The molecular weight excluding hydrogens is 227 g/mol. The van der Waals surface area contributed by atoms with Crippen molar-refractivity contribution in [3.05, 3.63) is 12.3 Å². The zero-order chi connectivity index (χ0) is 13.1. The number of alkyl halides is 3. The second-order valence-electron chi connectivity index (χ2n) is 6.24. The van der Waals surface area contributed by atoms with Gasteiger partial charge >= 0.3 is 6.18 Å². The van der Waals surface area contributed by atoms with Crippen LogP contribution in [0.3, 0.4) is 0 Å². The van der Waals surface area contributed by atoms with Gasteiger partial charge in [-0.05, 0) is 32.1 Å². The van der Waals surface area contributed by atoms with Crippen LogP contribution in [0.15, 0.2) is 12.3 Å². The fourth-order valence-electron chi connectivity index (χ4n) is 3.00. The van der Waals surface area contributed by atoms with Gasteiger partial charge in [-0.15, -0.1) is 0 Å². The van der Waals surface area contributed by atoms with Crippen LogP contribution in [-0.2, 0) is 0 Å². The Morgan fingerprint density at radius 2 is 1.65 bits per heavy atom. The van der Waals surface area contributed by atoms with Crippen molar-refractivity contribution in [2.75, 3.05) is 0 Å². The van der Waals surface area contributed by atoms with E-state index in [1.54, 1.807) is 0 Å². The Kier molecular flexibility index (Phi) is 2.57. The van der Waals surface area contributed by atoms with Gasteiger partial charge in [-0.3, -0.25) is 0 Å². The summed E-state index contributed by atoms with van der Waals surface area (Å²) in [7, 11) is 0. The van der Waals surface area contributed by atoms with Crippen molar-refractivity contribution in [2.45, 2.75) is 52.3 Å². The van der Waals surface area contributed by atoms with E-state index < -0.39 is 11.6 Å². The summed E-state index contributed by atoms with van der Waals surface area (Å²) in [6.07, 6.45) is -3.32. The first-order chi connectivity index (χ1) is 7.62. The van der Waals surface area contributed by atoms with Gasteiger partial charge < -0.3 is 5.32 Å². The van der Waals surface area contributed by atoms with Crippen LogP contribution in [0.1, 0.15) is 40.0 Å². The topological polar surface area (TPSA) is 12.0 Å². The Morgan fingerprint density at radius 1 is 1.18 bits per heavy atom. The minimum absolute atomic E-state index is 0.236. The minimum Gasteiger partial charge on any atom is -0.386 e. The van der Waals surface area contributed by atoms with Gasteiger partial charge in [0.15, 0.2) is 0 Å². The Hall–Kier alpha value is -0.670.